The number of esters is 1. The Morgan fingerprint density at radius 2 is 1.13 bits per heavy atom. The molecule has 0 radical (unpaired) electrons. The first-order valence-corrected chi connectivity index (χ1v) is 19.8. The van der Waals surface area contributed by atoms with Gasteiger partial charge in [0.05, 0.1) is 17.9 Å². The molecule has 0 spiro atoms. The summed E-state index contributed by atoms with van der Waals surface area (Å²) in [5.74, 6) is 1.02. The Kier molecular flexibility index (Phi) is 22.4. The van der Waals surface area contributed by atoms with Crippen LogP contribution in [0.3, 0.4) is 0 Å². The Labute approximate surface area is 330 Å². The SMILES string of the molecule is CCCCCCCCCCCCCCCCCCOc1ccc(C=Nc2ccc(C(=O)Oc3ccc(-[c-]4cccc4)cc3)cc2)cc1.[Fe+2].c1cc[cH-]c1. The number of nitrogens with zero attached hydrogens (tertiary/aromatic N) is 1. The summed E-state index contributed by atoms with van der Waals surface area (Å²) >= 11 is 0. The average Bonchev–Trinajstić information content (AvgIpc) is 3.95. The predicted octanol–water partition coefficient (Wildman–Crippen LogP) is 14.1. The normalized spacial score (nSPS) is 10.7. The van der Waals surface area contributed by atoms with E-state index in [9.17, 15) is 4.79 Å². The van der Waals surface area contributed by atoms with E-state index in [4.69, 9.17) is 9.47 Å². The van der Waals surface area contributed by atoms with E-state index in [0.29, 0.717) is 11.3 Å². The minimum Gasteiger partial charge on any atom is -0.494 e. The van der Waals surface area contributed by atoms with Gasteiger partial charge in [-0.05, 0) is 60.5 Å². The van der Waals surface area contributed by atoms with Crippen LogP contribution in [-0.4, -0.2) is 18.8 Å². The van der Waals surface area contributed by atoms with E-state index in [0.717, 1.165) is 41.2 Å². The van der Waals surface area contributed by atoms with Gasteiger partial charge in [0.15, 0.2) is 0 Å². The maximum Gasteiger partial charge on any atom is 2.00 e. The number of carbonyl (C=O) groups is 1. The molecular formula is C48H59FeNO3. The van der Waals surface area contributed by atoms with E-state index in [1.165, 1.54) is 96.3 Å². The molecule has 282 valence electrons. The van der Waals surface area contributed by atoms with Crippen molar-refractivity contribution in [2.24, 2.45) is 4.99 Å². The molecule has 5 aromatic carbocycles. The Morgan fingerprint density at radius 1 is 0.623 bits per heavy atom. The summed E-state index contributed by atoms with van der Waals surface area (Å²) in [5.41, 5.74) is 4.47. The zero-order valence-electron chi connectivity index (χ0n) is 31.7. The van der Waals surface area contributed by atoms with Crippen molar-refractivity contribution in [3.8, 4) is 22.6 Å². The minimum absolute atomic E-state index is 0. The standard InChI is InChI=1S/C43H54NO3.C5H5.Fe/c1-2-3-4-5-6-7-8-9-10-11-12-13-14-15-16-19-34-46-41-30-22-36(23-31-41)35-44-40-28-24-39(25-29-40)43(45)47-42-32-26-38(27-33-42)37-20-17-18-21-37;1-2-4-5-3-1;/h17-18,20-33,35H,2-16,19,34H2,1H3;1-5H;/q2*-1;+2. The molecule has 0 saturated carbocycles. The molecule has 0 fully saturated rings. The van der Waals surface area contributed by atoms with Crippen LogP contribution >= 0.6 is 0 Å². The van der Waals surface area contributed by atoms with Crippen LogP contribution < -0.4 is 9.47 Å². The molecule has 0 aliphatic carbocycles. The second-order valence-corrected chi connectivity index (χ2v) is 13.6. The van der Waals surface area contributed by atoms with Crippen molar-refractivity contribution in [2.75, 3.05) is 6.61 Å². The summed E-state index contributed by atoms with van der Waals surface area (Å²) in [6.45, 7) is 3.05. The summed E-state index contributed by atoms with van der Waals surface area (Å²) < 4.78 is 11.5. The van der Waals surface area contributed by atoms with E-state index in [1.807, 2.05) is 109 Å². The summed E-state index contributed by atoms with van der Waals surface area (Å²) in [6.07, 6.45) is 23.8. The van der Waals surface area contributed by atoms with Gasteiger partial charge in [0.25, 0.3) is 0 Å². The van der Waals surface area contributed by atoms with Gasteiger partial charge in [-0.1, -0.05) is 121 Å². The van der Waals surface area contributed by atoms with Gasteiger partial charge in [0.2, 0.25) is 0 Å². The molecule has 0 bridgehead atoms. The third-order valence-electron chi connectivity index (χ3n) is 9.23. The monoisotopic (exact) mass is 753 g/mol. The Bertz CT molecular complexity index is 1590. The van der Waals surface area contributed by atoms with Gasteiger partial charge in [0, 0.05) is 6.21 Å². The van der Waals surface area contributed by atoms with Gasteiger partial charge < -0.3 is 9.47 Å². The van der Waals surface area contributed by atoms with Crippen molar-refractivity contribution in [1.82, 2.24) is 0 Å². The van der Waals surface area contributed by atoms with Crippen LogP contribution in [0.25, 0.3) is 11.1 Å². The van der Waals surface area contributed by atoms with Crippen molar-refractivity contribution >= 4 is 17.9 Å². The van der Waals surface area contributed by atoms with Gasteiger partial charge in [-0.25, -0.2) is 16.9 Å². The molecule has 0 aromatic heterocycles. The van der Waals surface area contributed by atoms with Crippen LogP contribution in [0.5, 0.6) is 11.5 Å². The van der Waals surface area contributed by atoms with E-state index < -0.39 is 5.97 Å². The van der Waals surface area contributed by atoms with E-state index >= 15 is 0 Å². The number of hydrogen-bond donors (Lipinski definition) is 0. The van der Waals surface area contributed by atoms with Gasteiger partial charge >= 0.3 is 23.0 Å². The average molecular weight is 754 g/mol. The van der Waals surface area contributed by atoms with Gasteiger partial charge in [-0.2, -0.15) is 30.3 Å². The Balaban J connectivity index is 0.00000116. The third-order valence-corrected chi connectivity index (χ3v) is 9.23. The molecule has 53 heavy (non-hydrogen) atoms. The first kappa shape index (κ1) is 43.2. The maximum atomic E-state index is 12.6. The van der Waals surface area contributed by atoms with Crippen molar-refractivity contribution in [3.63, 3.8) is 0 Å². The first-order valence-electron chi connectivity index (χ1n) is 19.8. The van der Waals surface area contributed by atoms with Gasteiger partial charge in [-0.3, -0.25) is 4.99 Å². The van der Waals surface area contributed by atoms with E-state index in [1.54, 1.807) is 12.1 Å². The molecule has 5 rings (SSSR count). The molecule has 0 saturated heterocycles. The van der Waals surface area contributed by atoms with E-state index in [2.05, 4.69) is 24.0 Å². The zero-order valence-corrected chi connectivity index (χ0v) is 32.9. The molecule has 0 amide bonds. The first-order chi connectivity index (χ1) is 25.7. The van der Waals surface area contributed by atoms with Crippen molar-refractivity contribution in [3.05, 3.63) is 139 Å². The number of unbranched alkanes of at least 4 members (excludes halogenated alkanes) is 15. The zero-order chi connectivity index (χ0) is 36.3. The third kappa shape index (κ3) is 18.4. The second-order valence-electron chi connectivity index (χ2n) is 13.6. The quantitative estimate of drug-likeness (QED) is 0.0167. The fraction of sp³-hybridized carbons (Fsp3) is 0.375. The topological polar surface area (TPSA) is 47.9 Å². The molecule has 0 N–H and O–H groups in total. The van der Waals surface area contributed by atoms with Crippen LogP contribution in [0, 0.1) is 0 Å². The fourth-order valence-corrected chi connectivity index (χ4v) is 6.09. The predicted molar refractivity (Wildman–Crippen MR) is 220 cm³/mol. The molecular weight excluding hydrogens is 694 g/mol. The van der Waals surface area contributed by atoms with Crippen molar-refractivity contribution in [1.29, 1.82) is 0 Å². The molecule has 4 nitrogen and oxygen atoms in total. The molecule has 5 heteroatoms. The number of benzene rings is 3. The van der Waals surface area contributed by atoms with Crippen LogP contribution in [0.4, 0.5) is 5.69 Å². The fourth-order valence-electron chi connectivity index (χ4n) is 6.09. The van der Waals surface area contributed by atoms with Gasteiger partial charge in [0.1, 0.15) is 11.5 Å². The number of aliphatic imine (C=N–C) groups is 1. The summed E-state index contributed by atoms with van der Waals surface area (Å²) in [6, 6.07) is 40.8. The summed E-state index contributed by atoms with van der Waals surface area (Å²) in [5, 5.41) is 0. The number of carbonyl (C=O) groups excluding carboxylic acids is 1. The summed E-state index contributed by atoms with van der Waals surface area (Å²) in [7, 11) is 0. The van der Waals surface area contributed by atoms with Crippen LogP contribution in [-0.2, 0) is 17.1 Å². The largest absolute Gasteiger partial charge is 2.00 e. The Morgan fingerprint density at radius 3 is 1.64 bits per heavy atom. The Hall–Kier alpha value is -4.18. The molecule has 0 unspecified atom stereocenters. The van der Waals surface area contributed by atoms with E-state index in [-0.39, 0.29) is 17.1 Å². The van der Waals surface area contributed by atoms with Crippen LogP contribution in [0.15, 0.2) is 132 Å². The summed E-state index contributed by atoms with van der Waals surface area (Å²) in [4.78, 5) is 17.2. The van der Waals surface area contributed by atoms with Crippen molar-refractivity contribution < 1.29 is 31.3 Å². The van der Waals surface area contributed by atoms with Crippen LogP contribution in [0.1, 0.15) is 126 Å². The maximum absolute atomic E-state index is 12.6. The van der Waals surface area contributed by atoms with Gasteiger partial charge in [-0.15, -0.1) is 29.8 Å². The molecule has 0 aliphatic heterocycles. The number of ether oxygens (including phenoxy) is 2. The molecule has 5 aromatic rings. The smallest absolute Gasteiger partial charge is 0.494 e. The second kappa shape index (κ2) is 27.4. The van der Waals surface area contributed by atoms with Crippen LogP contribution in [0.2, 0.25) is 0 Å². The molecule has 0 aliphatic rings. The minimum atomic E-state index is -0.392. The molecule has 0 heterocycles. The number of rotatable bonds is 23. The molecule has 0 atom stereocenters. The number of hydrogen-bond acceptors (Lipinski definition) is 4. The van der Waals surface area contributed by atoms with Crippen molar-refractivity contribution in [2.45, 2.75) is 110 Å².